The number of nitrogens with zero attached hydrogens (tertiary/aromatic N) is 2. The molecular weight excluding hydrogens is 234 g/mol. The summed E-state index contributed by atoms with van der Waals surface area (Å²) in [6.45, 7) is 6.80. The lowest BCUT2D eigenvalue weighted by atomic mass is 10.00. The summed E-state index contributed by atoms with van der Waals surface area (Å²) in [4.78, 5) is 14.2. The number of hydrogen-bond donors (Lipinski definition) is 2. The van der Waals surface area contributed by atoms with Gasteiger partial charge in [0.1, 0.15) is 11.4 Å². The van der Waals surface area contributed by atoms with Gasteiger partial charge in [-0.3, -0.25) is 4.79 Å². The van der Waals surface area contributed by atoms with Crippen molar-refractivity contribution in [2.24, 2.45) is 10.9 Å². The third-order valence-electron chi connectivity index (χ3n) is 3.29. The highest BCUT2D eigenvalue weighted by Crippen LogP contribution is 2.28. The topological polar surface area (TPSA) is 88.1 Å². The fourth-order valence-electron chi connectivity index (χ4n) is 2.13. The molecule has 0 spiro atoms. The molecule has 0 radical (unpaired) electrons. The van der Waals surface area contributed by atoms with Crippen molar-refractivity contribution < 1.29 is 14.7 Å². The predicted octanol–water partition coefficient (Wildman–Crippen LogP) is 0.929. The highest BCUT2D eigenvalue weighted by Gasteiger charge is 2.41. The number of rotatable bonds is 5. The monoisotopic (exact) mass is 257 g/mol. The van der Waals surface area contributed by atoms with E-state index in [0.717, 1.165) is 12.8 Å². The molecule has 0 aliphatic carbocycles. The molecule has 0 bridgehead atoms. The third kappa shape index (κ3) is 3.35. The molecule has 1 heterocycles. The molecule has 0 aromatic heterocycles. The first-order valence-electron chi connectivity index (χ1n) is 6.32. The summed E-state index contributed by atoms with van der Waals surface area (Å²) < 4.78 is 5.56. The highest BCUT2D eigenvalue weighted by molar-refractivity contribution is 5.86. The number of nitrogens with two attached hydrogens (primary N) is 1. The Kier molecular flexibility index (Phi) is 4.95. The number of ether oxygens (including phenoxy) is 1. The van der Waals surface area contributed by atoms with E-state index in [9.17, 15) is 4.79 Å². The molecule has 6 heteroatoms. The van der Waals surface area contributed by atoms with Crippen molar-refractivity contribution in [3.8, 4) is 0 Å². The molecule has 0 aromatic rings. The Morgan fingerprint density at radius 1 is 1.61 bits per heavy atom. The molecule has 6 nitrogen and oxygen atoms in total. The number of amides is 1. The lowest BCUT2D eigenvalue weighted by molar-refractivity contribution is -0.152. The van der Waals surface area contributed by atoms with Crippen molar-refractivity contribution >= 4 is 11.7 Å². The summed E-state index contributed by atoms with van der Waals surface area (Å²) >= 11 is 0. The lowest BCUT2D eigenvalue weighted by Gasteiger charge is -2.33. The van der Waals surface area contributed by atoms with Crippen LogP contribution in [0.4, 0.5) is 0 Å². The van der Waals surface area contributed by atoms with E-state index in [0.29, 0.717) is 19.6 Å². The van der Waals surface area contributed by atoms with Crippen LogP contribution >= 0.6 is 0 Å². The molecule has 3 N–H and O–H groups in total. The van der Waals surface area contributed by atoms with Gasteiger partial charge in [0, 0.05) is 25.6 Å². The van der Waals surface area contributed by atoms with Crippen LogP contribution in [0.1, 0.15) is 40.0 Å². The number of oxime groups is 1. The van der Waals surface area contributed by atoms with Gasteiger partial charge in [0.15, 0.2) is 0 Å². The first-order chi connectivity index (χ1) is 8.40. The summed E-state index contributed by atoms with van der Waals surface area (Å²) in [7, 11) is 0. The minimum Gasteiger partial charge on any atom is -0.409 e. The van der Waals surface area contributed by atoms with Crippen LogP contribution in [-0.4, -0.2) is 46.6 Å². The van der Waals surface area contributed by atoms with Crippen molar-refractivity contribution in [1.82, 2.24) is 4.90 Å². The molecule has 1 amide bonds. The Bertz CT molecular complexity index is 323. The van der Waals surface area contributed by atoms with Crippen LogP contribution in [0.3, 0.4) is 0 Å². The second-order valence-corrected chi connectivity index (χ2v) is 5.12. The number of carbonyl (C=O) groups excluding carboxylic acids is 1. The van der Waals surface area contributed by atoms with Gasteiger partial charge >= 0.3 is 0 Å². The van der Waals surface area contributed by atoms with E-state index >= 15 is 0 Å². The summed E-state index contributed by atoms with van der Waals surface area (Å²) in [6.07, 6.45) is 2.02. The maximum Gasteiger partial charge on any atom is 0.254 e. The van der Waals surface area contributed by atoms with Crippen molar-refractivity contribution in [3.63, 3.8) is 0 Å². The SMILES string of the molecule is CC(C)N(CCC(N)=NO)C(=O)C1(C)CCCO1. The van der Waals surface area contributed by atoms with Crippen LogP contribution in [0.2, 0.25) is 0 Å². The minimum absolute atomic E-state index is 0.0132. The van der Waals surface area contributed by atoms with Gasteiger partial charge in [0.25, 0.3) is 5.91 Å². The van der Waals surface area contributed by atoms with E-state index in [-0.39, 0.29) is 17.8 Å². The molecular formula is C12H23N3O3. The van der Waals surface area contributed by atoms with Gasteiger partial charge in [-0.15, -0.1) is 0 Å². The van der Waals surface area contributed by atoms with Gasteiger partial charge in [-0.25, -0.2) is 0 Å². The van der Waals surface area contributed by atoms with Crippen LogP contribution in [0.15, 0.2) is 5.16 Å². The van der Waals surface area contributed by atoms with Gasteiger partial charge < -0.3 is 20.6 Å². The molecule has 1 rings (SSSR count). The molecule has 1 atom stereocenters. The quantitative estimate of drug-likeness (QED) is 0.332. The molecule has 18 heavy (non-hydrogen) atoms. The van der Waals surface area contributed by atoms with Crippen LogP contribution < -0.4 is 5.73 Å². The molecule has 1 saturated heterocycles. The molecule has 1 fully saturated rings. The molecule has 104 valence electrons. The first kappa shape index (κ1) is 14.8. The van der Waals surface area contributed by atoms with E-state index in [2.05, 4.69) is 5.16 Å². The van der Waals surface area contributed by atoms with Crippen LogP contribution in [0.25, 0.3) is 0 Å². The Morgan fingerprint density at radius 2 is 2.28 bits per heavy atom. The van der Waals surface area contributed by atoms with Gasteiger partial charge in [-0.2, -0.15) is 0 Å². The summed E-state index contributed by atoms with van der Waals surface area (Å²) in [5.74, 6) is 0.117. The van der Waals surface area contributed by atoms with E-state index in [4.69, 9.17) is 15.7 Å². The Hall–Kier alpha value is -1.30. The molecule has 0 saturated carbocycles. The largest absolute Gasteiger partial charge is 0.409 e. The summed E-state index contributed by atoms with van der Waals surface area (Å²) in [5, 5.41) is 11.4. The average Bonchev–Trinajstić information content (AvgIpc) is 2.76. The number of carbonyl (C=O) groups is 1. The summed E-state index contributed by atoms with van der Waals surface area (Å²) in [5.41, 5.74) is 4.73. The van der Waals surface area contributed by atoms with Crippen LogP contribution in [0.5, 0.6) is 0 Å². The Morgan fingerprint density at radius 3 is 2.72 bits per heavy atom. The smallest absolute Gasteiger partial charge is 0.254 e. The fraction of sp³-hybridized carbons (Fsp3) is 0.833. The third-order valence-corrected chi connectivity index (χ3v) is 3.29. The van der Waals surface area contributed by atoms with Gasteiger partial charge in [0.2, 0.25) is 0 Å². The predicted molar refractivity (Wildman–Crippen MR) is 68.5 cm³/mol. The second kappa shape index (κ2) is 6.04. The lowest BCUT2D eigenvalue weighted by Crippen LogP contribution is -2.50. The summed E-state index contributed by atoms with van der Waals surface area (Å²) in [6, 6.07) is 0.0602. The van der Waals surface area contributed by atoms with Crippen LogP contribution in [-0.2, 0) is 9.53 Å². The maximum atomic E-state index is 12.5. The zero-order valence-electron chi connectivity index (χ0n) is 11.3. The second-order valence-electron chi connectivity index (χ2n) is 5.12. The van der Waals surface area contributed by atoms with Gasteiger partial charge in [-0.05, 0) is 33.6 Å². The molecule has 1 unspecified atom stereocenters. The average molecular weight is 257 g/mol. The highest BCUT2D eigenvalue weighted by atomic mass is 16.5. The van der Waals surface area contributed by atoms with Crippen molar-refractivity contribution in [3.05, 3.63) is 0 Å². The van der Waals surface area contributed by atoms with E-state index < -0.39 is 5.60 Å². The molecule has 0 aromatic carbocycles. The van der Waals surface area contributed by atoms with Crippen molar-refractivity contribution in [2.75, 3.05) is 13.2 Å². The number of amidine groups is 1. The Labute approximate surface area is 108 Å². The normalized spacial score (nSPS) is 24.6. The number of hydrogen-bond acceptors (Lipinski definition) is 4. The van der Waals surface area contributed by atoms with E-state index in [1.807, 2.05) is 20.8 Å². The standard InChI is InChI=1S/C12H23N3O3/c1-9(2)15(7-5-10(13)14-17)11(16)12(3)6-4-8-18-12/h9,17H,4-8H2,1-3H3,(H2,13,14). The van der Waals surface area contributed by atoms with Crippen LogP contribution in [0, 0.1) is 0 Å². The fourth-order valence-corrected chi connectivity index (χ4v) is 2.13. The van der Waals surface area contributed by atoms with E-state index in [1.165, 1.54) is 0 Å². The zero-order chi connectivity index (χ0) is 13.8. The first-order valence-corrected chi connectivity index (χ1v) is 6.32. The van der Waals surface area contributed by atoms with E-state index in [1.54, 1.807) is 4.90 Å². The Balaban J connectivity index is 2.69. The minimum atomic E-state index is -0.713. The van der Waals surface area contributed by atoms with Gasteiger partial charge in [0.05, 0.1) is 0 Å². The van der Waals surface area contributed by atoms with Crippen molar-refractivity contribution in [1.29, 1.82) is 0 Å². The van der Waals surface area contributed by atoms with Crippen molar-refractivity contribution in [2.45, 2.75) is 51.7 Å². The maximum absolute atomic E-state index is 12.5. The van der Waals surface area contributed by atoms with Gasteiger partial charge in [-0.1, -0.05) is 5.16 Å². The zero-order valence-corrected chi connectivity index (χ0v) is 11.3. The molecule has 1 aliphatic heterocycles. The molecule has 1 aliphatic rings.